The van der Waals surface area contributed by atoms with Crippen LogP contribution in [0.25, 0.3) is 0 Å². The third-order valence-electron chi connectivity index (χ3n) is 2.29. The standard InChI is InChI=1S/C12H19NO2/c1-12(2,9-14)8-13-10-6-4-5-7-11(10)15-3/h4-7,13-14H,8-9H2,1-3H3. The van der Waals surface area contributed by atoms with E-state index in [1.165, 1.54) is 0 Å². The minimum Gasteiger partial charge on any atom is -0.495 e. The molecular weight excluding hydrogens is 190 g/mol. The van der Waals surface area contributed by atoms with Gasteiger partial charge in [-0.05, 0) is 12.1 Å². The number of rotatable bonds is 5. The number of hydrogen-bond donors (Lipinski definition) is 2. The molecule has 0 fully saturated rings. The second-order valence-electron chi connectivity index (χ2n) is 4.38. The Kier molecular flexibility index (Phi) is 3.97. The van der Waals surface area contributed by atoms with Crippen LogP contribution in [0.15, 0.2) is 24.3 Å². The topological polar surface area (TPSA) is 41.5 Å². The molecule has 15 heavy (non-hydrogen) atoms. The van der Waals surface area contributed by atoms with Crippen molar-refractivity contribution in [3.63, 3.8) is 0 Å². The van der Waals surface area contributed by atoms with Crippen molar-refractivity contribution < 1.29 is 9.84 Å². The van der Waals surface area contributed by atoms with E-state index in [1.54, 1.807) is 7.11 Å². The summed E-state index contributed by atoms with van der Waals surface area (Å²) in [6.07, 6.45) is 0. The van der Waals surface area contributed by atoms with Crippen LogP contribution in [0.4, 0.5) is 5.69 Å². The van der Waals surface area contributed by atoms with Gasteiger partial charge >= 0.3 is 0 Å². The highest BCUT2D eigenvalue weighted by Gasteiger charge is 2.16. The molecular formula is C12H19NO2. The molecule has 0 atom stereocenters. The van der Waals surface area contributed by atoms with Crippen LogP contribution in [0.2, 0.25) is 0 Å². The van der Waals surface area contributed by atoms with Gasteiger partial charge in [-0.3, -0.25) is 0 Å². The highest BCUT2D eigenvalue weighted by molar-refractivity contribution is 5.56. The SMILES string of the molecule is COc1ccccc1NCC(C)(C)CO. The molecule has 0 radical (unpaired) electrons. The Balaban J connectivity index is 2.65. The van der Waals surface area contributed by atoms with Crippen molar-refractivity contribution >= 4 is 5.69 Å². The Labute approximate surface area is 91.1 Å². The predicted octanol–water partition coefficient (Wildman–Crippen LogP) is 2.13. The molecule has 1 aromatic rings. The number of para-hydroxylation sites is 2. The lowest BCUT2D eigenvalue weighted by Gasteiger charge is -2.23. The molecule has 0 heterocycles. The fourth-order valence-electron chi connectivity index (χ4n) is 1.18. The fraction of sp³-hybridized carbons (Fsp3) is 0.500. The van der Waals surface area contributed by atoms with Gasteiger partial charge in [-0.25, -0.2) is 0 Å². The fourth-order valence-corrected chi connectivity index (χ4v) is 1.18. The number of hydrogen-bond acceptors (Lipinski definition) is 3. The Bertz CT molecular complexity index is 310. The second-order valence-corrected chi connectivity index (χ2v) is 4.38. The minimum atomic E-state index is -0.124. The zero-order chi connectivity index (χ0) is 11.3. The molecule has 0 aliphatic rings. The molecule has 0 bridgehead atoms. The van der Waals surface area contributed by atoms with Gasteiger partial charge in [0.05, 0.1) is 12.8 Å². The van der Waals surface area contributed by atoms with Gasteiger partial charge in [-0.15, -0.1) is 0 Å². The van der Waals surface area contributed by atoms with Crippen molar-refractivity contribution in [2.75, 3.05) is 25.6 Å². The van der Waals surface area contributed by atoms with E-state index in [0.717, 1.165) is 11.4 Å². The summed E-state index contributed by atoms with van der Waals surface area (Å²) in [5, 5.41) is 12.4. The number of benzene rings is 1. The van der Waals surface area contributed by atoms with Crippen molar-refractivity contribution in [2.24, 2.45) is 5.41 Å². The number of anilines is 1. The normalized spacial score (nSPS) is 11.2. The molecule has 3 nitrogen and oxygen atoms in total. The van der Waals surface area contributed by atoms with Gasteiger partial charge in [0.2, 0.25) is 0 Å². The molecule has 0 amide bonds. The van der Waals surface area contributed by atoms with Crippen LogP contribution in [0.5, 0.6) is 5.75 Å². The zero-order valence-electron chi connectivity index (χ0n) is 9.58. The molecule has 0 saturated heterocycles. The van der Waals surface area contributed by atoms with Gasteiger partial charge in [-0.1, -0.05) is 26.0 Å². The molecule has 2 N–H and O–H groups in total. The monoisotopic (exact) mass is 209 g/mol. The van der Waals surface area contributed by atoms with E-state index in [4.69, 9.17) is 9.84 Å². The summed E-state index contributed by atoms with van der Waals surface area (Å²) in [7, 11) is 1.65. The average Bonchev–Trinajstić information content (AvgIpc) is 2.27. The molecule has 1 aromatic carbocycles. The van der Waals surface area contributed by atoms with E-state index in [1.807, 2.05) is 38.1 Å². The second kappa shape index (κ2) is 5.03. The van der Waals surface area contributed by atoms with Gasteiger partial charge in [0, 0.05) is 18.6 Å². The maximum Gasteiger partial charge on any atom is 0.141 e. The lowest BCUT2D eigenvalue weighted by Crippen LogP contribution is -2.26. The Morgan fingerprint density at radius 3 is 2.60 bits per heavy atom. The molecule has 0 aliphatic heterocycles. The molecule has 1 rings (SSSR count). The summed E-state index contributed by atoms with van der Waals surface area (Å²) >= 11 is 0. The molecule has 3 heteroatoms. The number of ether oxygens (including phenoxy) is 1. The van der Waals surface area contributed by atoms with Crippen molar-refractivity contribution in [1.29, 1.82) is 0 Å². The van der Waals surface area contributed by atoms with Gasteiger partial charge in [0.25, 0.3) is 0 Å². The Hall–Kier alpha value is -1.22. The van der Waals surface area contributed by atoms with Crippen molar-refractivity contribution in [2.45, 2.75) is 13.8 Å². The molecule has 84 valence electrons. The smallest absolute Gasteiger partial charge is 0.141 e. The van der Waals surface area contributed by atoms with Crippen LogP contribution in [0.1, 0.15) is 13.8 Å². The molecule has 0 saturated carbocycles. The summed E-state index contributed by atoms with van der Waals surface area (Å²) in [6.45, 7) is 4.89. The maximum absolute atomic E-state index is 9.13. The third kappa shape index (κ3) is 3.44. The highest BCUT2D eigenvalue weighted by atomic mass is 16.5. The number of methoxy groups -OCH3 is 1. The van der Waals surface area contributed by atoms with E-state index < -0.39 is 0 Å². The summed E-state index contributed by atoms with van der Waals surface area (Å²) < 4.78 is 5.22. The molecule has 0 unspecified atom stereocenters. The van der Waals surface area contributed by atoms with Gasteiger partial charge < -0.3 is 15.2 Å². The largest absolute Gasteiger partial charge is 0.495 e. The zero-order valence-corrected chi connectivity index (χ0v) is 9.58. The summed E-state index contributed by atoms with van der Waals surface area (Å²) in [6, 6.07) is 7.76. The van der Waals surface area contributed by atoms with Crippen molar-refractivity contribution in [3.05, 3.63) is 24.3 Å². The van der Waals surface area contributed by atoms with E-state index in [-0.39, 0.29) is 12.0 Å². The first-order valence-corrected chi connectivity index (χ1v) is 5.07. The van der Waals surface area contributed by atoms with E-state index in [9.17, 15) is 0 Å². The highest BCUT2D eigenvalue weighted by Crippen LogP contribution is 2.24. The summed E-state index contributed by atoms with van der Waals surface area (Å²) in [4.78, 5) is 0. The first kappa shape index (κ1) is 11.9. The van der Waals surface area contributed by atoms with Crippen LogP contribution in [0, 0.1) is 5.41 Å². The third-order valence-corrected chi connectivity index (χ3v) is 2.29. The molecule has 0 spiro atoms. The Morgan fingerprint density at radius 2 is 2.00 bits per heavy atom. The van der Waals surface area contributed by atoms with Crippen molar-refractivity contribution in [3.8, 4) is 5.75 Å². The minimum absolute atomic E-state index is 0.124. The lowest BCUT2D eigenvalue weighted by molar-refractivity contribution is 0.170. The van der Waals surface area contributed by atoms with Gasteiger partial charge in [0.1, 0.15) is 5.75 Å². The van der Waals surface area contributed by atoms with E-state index in [0.29, 0.717) is 6.54 Å². The number of aliphatic hydroxyl groups excluding tert-OH is 1. The van der Waals surface area contributed by atoms with E-state index >= 15 is 0 Å². The van der Waals surface area contributed by atoms with Crippen LogP contribution < -0.4 is 10.1 Å². The number of aliphatic hydroxyl groups is 1. The van der Waals surface area contributed by atoms with Gasteiger partial charge in [-0.2, -0.15) is 0 Å². The summed E-state index contributed by atoms with van der Waals surface area (Å²) in [5.74, 6) is 0.825. The van der Waals surface area contributed by atoms with Gasteiger partial charge in [0.15, 0.2) is 0 Å². The predicted molar refractivity (Wildman–Crippen MR) is 62.4 cm³/mol. The van der Waals surface area contributed by atoms with Crippen LogP contribution in [-0.4, -0.2) is 25.4 Å². The van der Waals surface area contributed by atoms with Crippen LogP contribution in [0.3, 0.4) is 0 Å². The number of nitrogens with one attached hydrogen (secondary N) is 1. The molecule has 0 aromatic heterocycles. The summed E-state index contributed by atoms with van der Waals surface area (Å²) in [5.41, 5.74) is 0.836. The van der Waals surface area contributed by atoms with Crippen molar-refractivity contribution in [1.82, 2.24) is 0 Å². The lowest BCUT2D eigenvalue weighted by atomic mass is 9.95. The quantitative estimate of drug-likeness (QED) is 0.780. The average molecular weight is 209 g/mol. The van der Waals surface area contributed by atoms with Crippen LogP contribution in [-0.2, 0) is 0 Å². The van der Waals surface area contributed by atoms with Crippen LogP contribution >= 0.6 is 0 Å². The maximum atomic E-state index is 9.13. The first-order chi connectivity index (χ1) is 7.09. The molecule has 0 aliphatic carbocycles. The first-order valence-electron chi connectivity index (χ1n) is 5.07. The Morgan fingerprint density at radius 1 is 1.33 bits per heavy atom. The van der Waals surface area contributed by atoms with E-state index in [2.05, 4.69) is 5.32 Å².